The van der Waals surface area contributed by atoms with Crippen LogP contribution in [0.4, 0.5) is 19.2 Å². The predicted molar refractivity (Wildman–Crippen MR) is 205 cm³/mol. The van der Waals surface area contributed by atoms with E-state index in [0.717, 1.165) is 128 Å². The number of rotatable bonds is 10. The van der Waals surface area contributed by atoms with E-state index in [0.29, 0.717) is 23.9 Å². The first-order valence-corrected chi connectivity index (χ1v) is 21.9. The van der Waals surface area contributed by atoms with Crippen molar-refractivity contribution < 1.29 is 28.7 Å². The Bertz CT molecular complexity index is 1070. The Labute approximate surface area is 317 Å². The van der Waals surface area contributed by atoms with Crippen molar-refractivity contribution in [3.63, 3.8) is 0 Å². The summed E-state index contributed by atoms with van der Waals surface area (Å²) < 4.78 is 11.8. The Balaban J connectivity index is 0.796. The van der Waals surface area contributed by atoms with Gasteiger partial charge >= 0.3 is 24.2 Å². The Morgan fingerprint density at radius 1 is 0.358 bits per heavy atom. The molecule has 0 bridgehead atoms. The highest BCUT2D eigenvalue weighted by molar-refractivity contribution is 5.75. The Morgan fingerprint density at radius 2 is 0.679 bits per heavy atom. The average Bonchev–Trinajstić information content (AvgIpc) is 3.14. The van der Waals surface area contributed by atoms with Gasteiger partial charge in [0, 0.05) is 36.3 Å². The first-order valence-electron chi connectivity index (χ1n) is 21.9. The molecule has 0 saturated heterocycles. The lowest BCUT2D eigenvalue weighted by molar-refractivity contribution is 0.0459. The zero-order valence-corrected chi connectivity index (χ0v) is 32.3. The summed E-state index contributed by atoms with van der Waals surface area (Å²) in [4.78, 5) is 50.7. The molecule has 300 valence electrons. The summed E-state index contributed by atoms with van der Waals surface area (Å²) in [6.45, 7) is 0. The predicted octanol–water partition coefficient (Wildman–Crippen LogP) is 7.83. The molecule has 0 radical (unpaired) electrons. The number of hydrogen-bond donors (Lipinski definition) is 6. The summed E-state index contributed by atoms with van der Waals surface area (Å²) in [5, 5.41) is 18.8. The topological polar surface area (TPSA) is 159 Å². The van der Waals surface area contributed by atoms with E-state index in [-0.39, 0.29) is 60.6 Å². The molecule has 0 aromatic rings. The minimum Gasteiger partial charge on any atom is -0.446 e. The fourth-order valence-corrected chi connectivity index (χ4v) is 10.4. The summed E-state index contributed by atoms with van der Waals surface area (Å²) >= 11 is 0. The van der Waals surface area contributed by atoms with E-state index < -0.39 is 0 Å². The van der Waals surface area contributed by atoms with Crippen LogP contribution in [0.25, 0.3) is 0 Å². The zero-order chi connectivity index (χ0) is 36.8. The first-order chi connectivity index (χ1) is 25.8. The molecule has 6 rings (SSSR count). The van der Waals surface area contributed by atoms with Crippen LogP contribution in [0.2, 0.25) is 0 Å². The van der Waals surface area contributed by atoms with Crippen molar-refractivity contribution in [1.29, 1.82) is 0 Å². The summed E-state index contributed by atoms with van der Waals surface area (Å²) in [7, 11) is 0. The smallest absolute Gasteiger partial charge is 0.407 e. The van der Waals surface area contributed by atoms with Crippen molar-refractivity contribution in [2.75, 3.05) is 0 Å². The van der Waals surface area contributed by atoms with Gasteiger partial charge in [-0.3, -0.25) is 0 Å². The van der Waals surface area contributed by atoms with E-state index >= 15 is 0 Å². The lowest BCUT2D eigenvalue weighted by Crippen LogP contribution is -2.50. The molecule has 6 amide bonds. The number of urea groups is 2. The van der Waals surface area contributed by atoms with Crippen molar-refractivity contribution in [2.24, 2.45) is 11.8 Å². The van der Waals surface area contributed by atoms with Gasteiger partial charge in [-0.15, -0.1) is 0 Å². The monoisotopic (exact) mass is 743 g/mol. The lowest BCUT2D eigenvalue weighted by atomic mass is 9.76. The van der Waals surface area contributed by atoms with E-state index in [2.05, 4.69) is 31.9 Å². The van der Waals surface area contributed by atoms with E-state index in [1.807, 2.05) is 0 Å². The van der Waals surface area contributed by atoms with Crippen LogP contribution >= 0.6 is 0 Å². The molecular weight excluding hydrogens is 672 g/mol. The molecule has 6 N–H and O–H groups in total. The molecule has 6 saturated carbocycles. The second kappa shape index (κ2) is 20.7. The van der Waals surface area contributed by atoms with Crippen molar-refractivity contribution in [1.82, 2.24) is 31.9 Å². The molecule has 6 fully saturated rings. The summed E-state index contributed by atoms with van der Waals surface area (Å²) in [5.74, 6) is 1.32. The Kier molecular flexibility index (Phi) is 15.5. The third kappa shape index (κ3) is 13.7. The molecule has 0 aromatic carbocycles. The van der Waals surface area contributed by atoms with E-state index in [9.17, 15) is 19.2 Å². The SMILES string of the molecule is O=C(NC1CCCCC1)NC1CCCC(NC(=O)OC2CCC(CC3CCC(OC(=O)NC4CCCC(NC(=O)NC5CCCCC5)C4)CC3)CC2)C1. The van der Waals surface area contributed by atoms with Gasteiger partial charge < -0.3 is 41.4 Å². The first kappa shape index (κ1) is 39.8. The Hall–Kier alpha value is -2.92. The van der Waals surface area contributed by atoms with Crippen LogP contribution in [0.1, 0.15) is 173 Å². The molecule has 4 unspecified atom stereocenters. The van der Waals surface area contributed by atoms with Crippen LogP contribution in [0, 0.1) is 11.8 Å². The zero-order valence-electron chi connectivity index (χ0n) is 32.3. The van der Waals surface area contributed by atoms with Gasteiger partial charge in [0.15, 0.2) is 0 Å². The van der Waals surface area contributed by atoms with Crippen molar-refractivity contribution >= 4 is 24.2 Å². The second-order valence-electron chi connectivity index (χ2n) is 17.6. The standard InChI is InChI=1S/C41H70N6O6/c48-38(42-30-9-3-1-4-10-30)44-32-13-7-15-34(26-32)46-40(50)52-36-21-17-28(18-22-36)25-29-19-23-37(24-20-29)53-41(51)47-35-16-8-14-33(27-35)45-39(49)43-31-11-5-2-6-12-31/h28-37H,1-27H2,(H,46,50)(H,47,51)(H2,42,44,48)(H2,43,45,49). The number of carbonyl (C=O) groups is 4. The highest BCUT2D eigenvalue weighted by Gasteiger charge is 2.32. The van der Waals surface area contributed by atoms with Gasteiger partial charge in [0.1, 0.15) is 12.2 Å². The maximum atomic E-state index is 12.8. The summed E-state index contributed by atoms with van der Waals surface area (Å²) in [6.07, 6.45) is 27.3. The van der Waals surface area contributed by atoms with Crippen LogP contribution in [0.5, 0.6) is 0 Å². The number of nitrogens with one attached hydrogen (secondary N) is 6. The second-order valence-corrected chi connectivity index (χ2v) is 17.6. The third-order valence-corrected chi connectivity index (χ3v) is 13.3. The quantitative estimate of drug-likeness (QED) is 0.134. The fourth-order valence-electron chi connectivity index (χ4n) is 10.4. The van der Waals surface area contributed by atoms with Crippen molar-refractivity contribution in [3.8, 4) is 0 Å². The number of amides is 6. The average molecular weight is 743 g/mol. The van der Waals surface area contributed by atoms with Gasteiger partial charge in [-0.2, -0.15) is 0 Å². The number of ether oxygens (including phenoxy) is 2. The maximum absolute atomic E-state index is 12.8. The molecule has 12 nitrogen and oxygen atoms in total. The van der Waals surface area contributed by atoms with E-state index in [1.165, 1.54) is 44.9 Å². The molecule has 0 spiro atoms. The number of hydrogen-bond acceptors (Lipinski definition) is 6. The lowest BCUT2D eigenvalue weighted by Gasteiger charge is -2.35. The molecule has 0 aliphatic heterocycles. The summed E-state index contributed by atoms with van der Waals surface area (Å²) in [6, 6.07) is 0.669. The molecular formula is C41H70N6O6. The van der Waals surface area contributed by atoms with Gasteiger partial charge in [0.05, 0.1) is 0 Å². The molecule has 12 heteroatoms. The highest BCUT2D eigenvalue weighted by Crippen LogP contribution is 2.37. The van der Waals surface area contributed by atoms with E-state index in [4.69, 9.17) is 9.47 Å². The normalized spacial score (nSPS) is 33.1. The largest absolute Gasteiger partial charge is 0.446 e. The minimum atomic E-state index is -0.314. The van der Waals surface area contributed by atoms with Crippen molar-refractivity contribution in [3.05, 3.63) is 0 Å². The molecule has 6 aliphatic carbocycles. The summed E-state index contributed by atoms with van der Waals surface area (Å²) in [5.41, 5.74) is 0. The van der Waals surface area contributed by atoms with Crippen LogP contribution < -0.4 is 31.9 Å². The number of alkyl carbamates (subject to hydrolysis) is 2. The van der Waals surface area contributed by atoms with Gasteiger partial charge in [0.2, 0.25) is 0 Å². The molecule has 0 aromatic heterocycles. The molecule has 0 heterocycles. The fraction of sp³-hybridized carbons (Fsp3) is 0.902. The van der Waals surface area contributed by atoms with Gasteiger partial charge in [-0.1, -0.05) is 38.5 Å². The van der Waals surface area contributed by atoms with Crippen LogP contribution in [-0.2, 0) is 9.47 Å². The van der Waals surface area contributed by atoms with Gasteiger partial charge in [-0.05, 0) is 147 Å². The van der Waals surface area contributed by atoms with E-state index in [1.54, 1.807) is 0 Å². The molecule has 4 atom stereocenters. The van der Waals surface area contributed by atoms with Gasteiger partial charge in [-0.25, -0.2) is 19.2 Å². The van der Waals surface area contributed by atoms with Crippen LogP contribution in [0.15, 0.2) is 0 Å². The third-order valence-electron chi connectivity index (χ3n) is 13.3. The molecule has 6 aliphatic rings. The van der Waals surface area contributed by atoms with Crippen LogP contribution in [0.3, 0.4) is 0 Å². The Morgan fingerprint density at radius 3 is 1.06 bits per heavy atom. The minimum absolute atomic E-state index is 0.0263. The molecule has 53 heavy (non-hydrogen) atoms. The maximum Gasteiger partial charge on any atom is 0.407 e. The number of carbonyl (C=O) groups excluding carboxylic acids is 4. The highest BCUT2D eigenvalue weighted by atomic mass is 16.6. The van der Waals surface area contributed by atoms with Crippen LogP contribution in [-0.4, -0.2) is 72.7 Å². The van der Waals surface area contributed by atoms with Crippen molar-refractivity contribution in [2.45, 2.75) is 222 Å². The van der Waals surface area contributed by atoms with Gasteiger partial charge in [0.25, 0.3) is 0 Å².